The summed E-state index contributed by atoms with van der Waals surface area (Å²) in [6.07, 6.45) is 4.96. The van der Waals surface area contributed by atoms with Gasteiger partial charge in [-0.1, -0.05) is 0 Å². The molecule has 1 saturated heterocycles. The number of amides is 3. The molecule has 0 aliphatic carbocycles. The van der Waals surface area contributed by atoms with Crippen LogP contribution in [0.3, 0.4) is 0 Å². The van der Waals surface area contributed by atoms with Crippen LogP contribution < -0.4 is 0 Å². The average molecular weight is 330 g/mol. The molecule has 0 atom stereocenters. The van der Waals surface area contributed by atoms with Gasteiger partial charge in [0.1, 0.15) is 5.56 Å². The number of urea groups is 1. The van der Waals surface area contributed by atoms with Crippen LogP contribution in [0.25, 0.3) is 5.65 Å². The molecule has 1 aliphatic heterocycles. The molecular formula is C16H22N6O2. The maximum Gasteiger partial charge on any atom is 0.319 e. The molecule has 0 unspecified atom stereocenters. The van der Waals surface area contributed by atoms with E-state index >= 15 is 0 Å². The van der Waals surface area contributed by atoms with E-state index in [-0.39, 0.29) is 11.9 Å². The van der Waals surface area contributed by atoms with Crippen LogP contribution in [0.5, 0.6) is 0 Å². The second-order valence-electron chi connectivity index (χ2n) is 6.81. The molecule has 0 bridgehead atoms. The summed E-state index contributed by atoms with van der Waals surface area (Å²) < 4.78 is 1.59. The SMILES string of the molecule is CN(C)C(=O)N1CCN(C(=O)c2cnn3cccnc23)C(C)(C)C1. The minimum Gasteiger partial charge on any atom is -0.331 e. The van der Waals surface area contributed by atoms with Crippen LogP contribution in [0.1, 0.15) is 24.2 Å². The van der Waals surface area contributed by atoms with Crippen molar-refractivity contribution in [3.05, 3.63) is 30.2 Å². The molecule has 0 saturated carbocycles. The summed E-state index contributed by atoms with van der Waals surface area (Å²) in [7, 11) is 3.47. The van der Waals surface area contributed by atoms with Crippen LogP contribution in [0.4, 0.5) is 4.79 Å². The second kappa shape index (κ2) is 5.77. The molecule has 8 nitrogen and oxygen atoms in total. The Kier molecular flexibility index (Phi) is 3.90. The first-order valence-corrected chi connectivity index (χ1v) is 7.88. The van der Waals surface area contributed by atoms with E-state index in [1.54, 1.807) is 58.0 Å². The fraction of sp³-hybridized carbons (Fsp3) is 0.500. The number of piperazine rings is 1. The zero-order valence-electron chi connectivity index (χ0n) is 14.4. The summed E-state index contributed by atoms with van der Waals surface area (Å²) in [6.45, 7) is 5.43. The third kappa shape index (κ3) is 2.68. The van der Waals surface area contributed by atoms with Crippen LogP contribution >= 0.6 is 0 Å². The van der Waals surface area contributed by atoms with Gasteiger partial charge in [0.2, 0.25) is 0 Å². The minimum absolute atomic E-state index is 0.0344. The fourth-order valence-electron chi connectivity index (χ4n) is 3.10. The molecule has 0 radical (unpaired) electrons. The van der Waals surface area contributed by atoms with Crippen molar-refractivity contribution in [1.82, 2.24) is 29.3 Å². The highest BCUT2D eigenvalue weighted by atomic mass is 16.2. The van der Waals surface area contributed by atoms with Gasteiger partial charge in [-0.15, -0.1) is 0 Å². The Bertz CT molecular complexity index is 782. The summed E-state index contributed by atoms with van der Waals surface area (Å²) in [5.74, 6) is -0.106. The number of nitrogens with zero attached hydrogens (tertiary/aromatic N) is 6. The number of hydrogen-bond acceptors (Lipinski definition) is 4. The first kappa shape index (κ1) is 16.2. The number of rotatable bonds is 1. The number of hydrogen-bond donors (Lipinski definition) is 0. The summed E-state index contributed by atoms with van der Waals surface area (Å²) in [5, 5.41) is 4.18. The fourth-order valence-corrected chi connectivity index (χ4v) is 3.10. The van der Waals surface area contributed by atoms with E-state index < -0.39 is 5.54 Å². The van der Waals surface area contributed by atoms with Crippen LogP contribution in [-0.2, 0) is 0 Å². The van der Waals surface area contributed by atoms with E-state index in [9.17, 15) is 9.59 Å². The van der Waals surface area contributed by atoms with E-state index in [0.29, 0.717) is 30.8 Å². The van der Waals surface area contributed by atoms with E-state index in [4.69, 9.17) is 0 Å². The summed E-state index contributed by atoms with van der Waals surface area (Å²) in [4.78, 5) is 34.6. The molecule has 2 aromatic rings. The Labute approximate surface area is 140 Å². The monoisotopic (exact) mass is 330 g/mol. The van der Waals surface area contributed by atoms with E-state index in [2.05, 4.69) is 10.1 Å². The number of aromatic nitrogens is 3. The van der Waals surface area contributed by atoms with Crippen molar-refractivity contribution in [2.45, 2.75) is 19.4 Å². The standard InChI is InChI=1S/C16H22N6O2/c1-16(2)11-20(15(24)19(3)4)8-9-21(16)14(23)12-10-18-22-7-5-6-17-13(12)22/h5-7,10H,8-9,11H2,1-4H3. The van der Waals surface area contributed by atoms with Crippen LogP contribution in [0.2, 0.25) is 0 Å². The Hall–Kier alpha value is -2.64. The largest absolute Gasteiger partial charge is 0.331 e. The predicted octanol–water partition coefficient (Wildman–Crippen LogP) is 0.947. The molecule has 0 aromatic carbocycles. The summed E-state index contributed by atoms with van der Waals surface area (Å²) in [6, 6.07) is 1.73. The van der Waals surface area contributed by atoms with E-state index in [0.717, 1.165) is 0 Å². The lowest BCUT2D eigenvalue weighted by molar-refractivity contribution is 0.0242. The molecule has 3 amide bonds. The van der Waals surface area contributed by atoms with E-state index in [1.165, 1.54) is 0 Å². The van der Waals surface area contributed by atoms with Gasteiger partial charge in [-0.05, 0) is 19.9 Å². The third-order valence-electron chi connectivity index (χ3n) is 4.31. The maximum atomic E-state index is 13.0. The molecular weight excluding hydrogens is 308 g/mol. The second-order valence-corrected chi connectivity index (χ2v) is 6.81. The van der Waals surface area contributed by atoms with Crippen molar-refractivity contribution in [2.75, 3.05) is 33.7 Å². The predicted molar refractivity (Wildman–Crippen MR) is 88.8 cm³/mol. The molecule has 128 valence electrons. The van der Waals surface area contributed by atoms with Gasteiger partial charge in [-0.2, -0.15) is 5.10 Å². The lowest BCUT2D eigenvalue weighted by Crippen LogP contribution is -2.63. The Morgan fingerprint density at radius 3 is 2.67 bits per heavy atom. The van der Waals surface area contributed by atoms with Crippen molar-refractivity contribution in [3.63, 3.8) is 0 Å². The highest BCUT2D eigenvalue weighted by Gasteiger charge is 2.39. The topological polar surface area (TPSA) is 74.1 Å². The molecule has 8 heteroatoms. The van der Waals surface area contributed by atoms with Crippen LogP contribution in [-0.4, -0.2) is 80.5 Å². The Balaban J connectivity index is 1.85. The lowest BCUT2D eigenvalue weighted by atomic mass is 9.98. The van der Waals surface area contributed by atoms with Gasteiger partial charge in [0.15, 0.2) is 5.65 Å². The average Bonchev–Trinajstić information content (AvgIpc) is 2.96. The summed E-state index contributed by atoms with van der Waals surface area (Å²) in [5.41, 5.74) is 0.561. The quantitative estimate of drug-likeness (QED) is 0.780. The van der Waals surface area contributed by atoms with Crippen molar-refractivity contribution < 1.29 is 9.59 Å². The highest BCUT2D eigenvalue weighted by Crippen LogP contribution is 2.24. The third-order valence-corrected chi connectivity index (χ3v) is 4.31. The van der Waals surface area contributed by atoms with Crippen molar-refractivity contribution >= 4 is 17.6 Å². The first-order chi connectivity index (χ1) is 11.3. The van der Waals surface area contributed by atoms with Gasteiger partial charge in [-0.3, -0.25) is 4.79 Å². The Morgan fingerprint density at radius 1 is 1.25 bits per heavy atom. The van der Waals surface area contributed by atoms with Gasteiger partial charge in [0.05, 0.1) is 11.7 Å². The maximum absolute atomic E-state index is 13.0. The zero-order valence-corrected chi connectivity index (χ0v) is 14.4. The number of carbonyl (C=O) groups is 2. The van der Waals surface area contributed by atoms with Gasteiger partial charge < -0.3 is 14.7 Å². The van der Waals surface area contributed by atoms with Gasteiger partial charge in [0, 0.05) is 46.1 Å². The summed E-state index contributed by atoms with van der Waals surface area (Å²) >= 11 is 0. The Morgan fingerprint density at radius 2 is 2.00 bits per heavy atom. The molecule has 2 aromatic heterocycles. The minimum atomic E-state index is -0.468. The lowest BCUT2D eigenvalue weighted by Gasteiger charge is -2.47. The number of fused-ring (bicyclic) bond motifs is 1. The van der Waals surface area contributed by atoms with Crippen molar-refractivity contribution in [3.8, 4) is 0 Å². The van der Waals surface area contributed by atoms with Crippen LogP contribution in [0, 0.1) is 0 Å². The molecule has 0 spiro atoms. The van der Waals surface area contributed by atoms with Gasteiger partial charge in [-0.25, -0.2) is 14.3 Å². The van der Waals surface area contributed by atoms with Crippen molar-refractivity contribution in [1.29, 1.82) is 0 Å². The molecule has 1 aliphatic rings. The molecule has 3 rings (SSSR count). The molecule has 3 heterocycles. The van der Waals surface area contributed by atoms with E-state index in [1.807, 2.05) is 13.8 Å². The zero-order chi connectivity index (χ0) is 17.5. The smallest absolute Gasteiger partial charge is 0.319 e. The first-order valence-electron chi connectivity index (χ1n) is 7.88. The molecule has 24 heavy (non-hydrogen) atoms. The molecule has 1 fully saturated rings. The highest BCUT2D eigenvalue weighted by molar-refractivity contribution is 6.00. The van der Waals surface area contributed by atoms with Crippen molar-refractivity contribution in [2.24, 2.45) is 0 Å². The van der Waals surface area contributed by atoms with Crippen LogP contribution in [0.15, 0.2) is 24.7 Å². The van der Waals surface area contributed by atoms with Gasteiger partial charge in [0.25, 0.3) is 5.91 Å². The van der Waals surface area contributed by atoms with Gasteiger partial charge >= 0.3 is 6.03 Å². The molecule has 0 N–H and O–H groups in total. The normalized spacial score (nSPS) is 17.2. The number of carbonyl (C=O) groups excluding carboxylic acids is 2.